The first-order valence-electron chi connectivity index (χ1n) is 13.5. The second-order valence-corrected chi connectivity index (χ2v) is 10.7. The van der Waals surface area contributed by atoms with Gasteiger partial charge in [0, 0.05) is 25.4 Å². The van der Waals surface area contributed by atoms with Crippen molar-refractivity contribution in [3.8, 4) is 5.75 Å². The summed E-state index contributed by atoms with van der Waals surface area (Å²) < 4.78 is 17.4. The second-order valence-electron chi connectivity index (χ2n) is 10.7. The van der Waals surface area contributed by atoms with Gasteiger partial charge in [-0.3, -0.25) is 14.4 Å². The summed E-state index contributed by atoms with van der Waals surface area (Å²) in [7, 11) is 1.58. The van der Waals surface area contributed by atoms with Crippen molar-refractivity contribution in [2.24, 2.45) is 17.8 Å². The molecule has 0 saturated carbocycles. The molecule has 2 bridgehead atoms. The van der Waals surface area contributed by atoms with Crippen molar-refractivity contribution in [2.75, 3.05) is 38.3 Å². The number of hydrogen-bond donors (Lipinski definition) is 1. The van der Waals surface area contributed by atoms with Crippen LogP contribution in [-0.4, -0.2) is 78.4 Å². The molecule has 3 saturated heterocycles. The highest BCUT2D eigenvalue weighted by molar-refractivity contribution is 6.04. The number of amides is 2. The number of carbonyl (C=O) groups excluding carboxylic acids is 3. The lowest BCUT2D eigenvalue weighted by Gasteiger charge is -2.37. The molecule has 1 N–H and O–H groups in total. The summed E-state index contributed by atoms with van der Waals surface area (Å²) in [6, 6.07) is 6.26. The van der Waals surface area contributed by atoms with Crippen molar-refractivity contribution < 1.29 is 33.7 Å². The molecule has 1 aromatic rings. The first-order valence-corrected chi connectivity index (χ1v) is 13.5. The molecule has 3 unspecified atom stereocenters. The Morgan fingerprint density at radius 1 is 1.26 bits per heavy atom. The highest BCUT2D eigenvalue weighted by Gasteiger charge is 2.80. The van der Waals surface area contributed by atoms with E-state index in [2.05, 4.69) is 6.58 Å². The van der Waals surface area contributed by atoms with Crippen LogP contribution in [0.1, 0.15) is 46.5 Å². The van der Waals surface area contributed by atoms with E-state index in [1.165, 1.54) is 0 Å². The number of anilines is 1. The summed E-state index contributed by atoms with van der Waals surface area (Å²) in [5.41, 5.74) is -1.39. The third kappa shape index (κ3) is 4.39. The van der Waals surface area contributed by atoms with Crippen molar-refractivity contribution in [2.45, 2.75) is 63.7 Å². The second kappa shape index (κ2) is 11.1. The molecule has 3 heterocycles. The van der Waals surface area contributed by atoms with E-state index >= 15 is 0 Å². The van der Waals surface area contributed by atoms with E-state index < -0.39 is 35.0 Å². The van der Waals surface area contributed by atoms with Gasteiger partial charge >= 0.3 is 5.97 Å². The molecule has 2 amide bonds. The molecule has 3 aliphatic heterocycles. The molecule has 4 rings (SSSR count). The maximum Gasteiger partial charge on any atom is 0.312 e. The molecule has 9 heteroatoms. The zero-order valence-electron chi connectivity index (χ0n) is 22.9. The largest absolute Gasteiger partial charge is 0.497 e. The van der Waals surface area contributed by atoms with Crippen LogP contribution < -0.4 is 9.64 Å². The van der Waals surface area contributed by atoms with Gasteiger partial charge in [0.2, 0.25) is 5.91 Å². The number of methoxy groups -OCH3 is 1. The number of esters is 1. The van der Waals surface area contributed by atoms with E-state index in [4.69, 9.17) is 14.2 Å². The van der Waals surface area contributed by atoms with Gasteiger partial charge in [-0.15, -0.1) is 6.58 Å². The van der Waals surface area contributed by atoms with Crippen LogP contribution in [0.2, 0.25) is 0 Å². The van der Waals surface area contributed by atoms with Crippen molar-refractivity contribution in [3.63, 3.8) is 0 Å². The van der Waals surface area contributed by atoms with Crippen LogP contribution in [0.4, 0.5) is 5.69 Å². The van der Waals surface area contributed by atoms with Gasteiger partial charge in [-0.05, 0) is 69.7 Å². The third-order valence-electron chi connectivity index (χ3n) is 8.61. The predicted octanol–water partition coefficient (Wildman–Crippen LogP) is 2.95. The van der Waals surface area contributed by atoms with Crippen LogP contribution >= 0.6 is 0 Å². The Kier molecular flexibility index (Phi) is 8.18. The van der Waals surface area contributed by atoms with Gasteiger partial charge in [0.1, 0.15) is 23.3 Å². The van der Waals surface area contributed by atoms with Crippen LogP contribution in [-0.2, 0) is 23.9 Å². The Bertz CT molecular complexity index is 1060. The van der Waals surface area contributed by atoms with Gasteiger partial charge in [-0.2, -0.15) is 0 Å². The average Bonchev–Trinajstić information content (AvgIpc) is 3.41. The Labute approximate surface area is 224 Å². The first-order chi connectivity index (χ1) is 18.2. The van der Waals surface area contributed by atoms with Crippen LogP contribution in [0.5, 0.6) is 5.75 Å². The van der Waals surface area contributed by atoms with E-state index in [0.717, 1.165) is 0 Å². The van der Waals surface area contributed by atoms with Gasteiger partial charge in [-0.1, -0.05) is 13.0 Å². The quantitative estimate of drug-likeness (QED) is 0.253. The van der Waals surface area contributed by atoms with Gasteiger partial charge in [0.05, 0.1) is 25.2 Å². The molecule has 3 fully saturated rings. The van der Waals surface area contributed by atoms with Crippen LogP contribution in [0, 0.1) is 17.8 Å². The Hall–Kier alpha value is -2.91. The smallest absolute Gasteiger partial charge is 0.312 e. The van der Waals surface area contributed by atoms with E-state index in [1.54, 1.807) is 54.2 Å². The van der Waals surface area contributed by atoms with Crippen molar-refractivity contribution in [1.29, 1.82) is 0 Å². The molecule has 6 atom stereocenters. The normalized spacial score (nSPS) is 31.3. The molecule has 3 aliphatic rings. The van der Waals surface area contributed by atoms with Crippen molar-refractivity contribution in [1.82, 2.24) is 4.90 Å². The van der Waals surface area contributed by atoms with Gasteiger partial charge < -0.3 is 29.1 Å². The first kappa shape index (κ1) is 28.1. The van der Waals surface area contributed by atoms with Crippen LogP contribution in [0.3, 0.4) is 0 Å². The fraction of sp³-hybridized carbons (Fsp3) is 0.621. The molecule has 0 aromatic heterocycles. The number of hydrogen-bond acceptors (Lipinski definition) is 7. The molecule has 208 valence electrons. The summed E-state index contributed by atoms with van der Waals surface area (Å²) in [6.45, 7) is 10.3. The van der Waals surface area contributed by atoms with Crippen LogP contribution in [0.15, 0.2) is 36.9 Å². The molecular formula is C29H40N2O7. The topological polar surface area (TPSA) is 106 Å². The monoisotopic (exact) mass is 528 g/mol. The summed E-state index contributed by atoms with van der Waals surface area (Å²) in [5, 5.41) is 9.23. The fourth-order valence-corrected chi connectivity index (χ4v) is 6.78. The number of rotatable bonds is 12. The Morgan fingerprint density at radius 2 is 1.97 bits per heavy atom. The van der Waals surface area contributed by atoms with Crippen molar-refractivity contribution >= 4 is 23.5 Å². The number of fused-ring (bicyclic) bond motifs is 1. The summed E-state index contributed by atoms with van der Waals surface area (Å²) in [4.78, 5) is 45.1. The van der Waals surface area contributed by atoms with Crippen LogP contribution in [0.25, 0.3) is 0 Å². The third-order valence-corrected chi connectivity index (χ3v) is 8.61. The minimum Gasteiger partial charge on any atom is -0.497 e. The molecule has 38 heavy (non-hydrogen) atoms. The standard InChI is InChI=1S/C29H40N2O7/c1-6-15-30(20-11-13-21(36-5)14-12-20)26(34)24-29-18-19(3)28(4,38-29)23(27(35)37-7-2)22(29)25(33)31(24)16-9-8-10-17-32/h6,11-14,19,22-24,32H,1,7-10,15-18H2,2-5H3/t19?,22-,23+,24?,28-,29?/m0/s1. The zero-order valence-corrected chi connectivity index (χ0v) is 22.9. The minimum absolute atomic E-state index is 0.0561. The van der Waals surface area contributed by atoms with Gasteiger partial charge in [0.15, 0.2) is 0 Å². The maximum atomic E-state index is 14.5. The molecule has 0 radical (unpaired) electrons. The number of aliphatic hydroxyl groups excluding tert-OH is 1. The minimum atomic E-state index is -1.14. The molecule has 0 aliphatic carbocycles. The highest BCUT2D eigenvalue weighted by Crippen LogP contribution is 2.65. The molecular weight excluding hydrogens is 488 g/mol. The van der Waals surface area contributed by atoms with Gasteiger partial charge in [-0.25, -0.2) is 0 Å². The molecule has 9 nitrogen and oxygen atoms in total. The molecule has 1 spiro atoms. The summed E-state index contributed by atoms with van der Waals surface area (Å²) in [6.07, 6.45) is 4.09. The number of unbranched alkanes of at least 4 members (excludes halogenated alkanes) is 2. The van der Waals surface area contributed by atoms with E-state index in [9.17, 15) is 19.5 Å². The lowest BCUT2D eigenvalue weighted by Crippen LogP contribution is -2.57. The SMILES string of the molecule is C=CCN(C(=O)C1N(CCCCCO)C(=O)[C@@H]2[C@H](C(=O)OCC)[C@@]3(C)OC12CC3C)c1ccc(OC)cc1. The predicted molar refractivity (Wildman–Crippen MR) is 142 cm³/mol. The zero-order chi connectivity index (χ0) is 27.7. The number of benzene rings is 1. The van der Waals surface area contributed by atoms with E-state index in [-0.39, 0.29) is 37.5 Å². The summed E-state index contributed by atoms with van der Waals surface area (Å²) >= 11 is 0. The maximum absolute atomic E-state index is 14.5. The Morgan fingerprint density at radius 3 is 2.58 bits per heavy atom. The number of carbonyl (C=O) groups is 3. The average molecular weight is 529 g/mol. The lowest BCUT2D eigenvalue weighted by molar-refractivity contribution is -0.161. The molecule has 1 aromatic carbocycles. The van der Waals surface area contributed by atoms with E-state index in [1.807, 2.05) is 13.8 Å². The fourth-order valence-electron chi connectivity index (χ4n) is 6.78. The summed E-state index contributed by atoms with van der Waals surface area (Å²) in [5.74, 6) is -1.94. The number of aliphatic hydroxyl groups is 1. The number of likely N-dealkylation sites (tertiary alicyclic amines) is 1. The Balaban J connectivity index is 1.78. The van der Waals surface area contributed by atoms with E-state index in [0.29, 0.717) is 43.7 Å². The number of nitrogens with zero attached hydrogens (tertiary/aromatic N) is 2. The van der Waals surface area contributed by atoms with Crippen molar-refractivity contribution in [3.05, 3.63) is 36.9 Å². The lowest BCUT2D eigenvalue weighted by atomic mass is 9.62. The highest BCUT2D eigenvalue weighted by atomic mass is 16.6. The number of ether oxygens (including phenoxy) is 3. The van der Waals surface area contributed by atoms with Gasteiger partial charge in [0.25, 0.3) is 5.91 Å².